The molecule has 0 aromatic rings. The molecule has 3 rings (SSSR count). The predicted molar refractivity (Wildman–Crippen MR) is 102 cm³/mol. The van der Waals surface area contributed by atoms with Crippen molar-refractivity contribution in [2.75, 3.05) is 27.4 Å². The first-order chi connectivity index (χ1) is 12.6. The molecular weight excluding hydrogens is 333 g/mol. The Hall–Kier alpha value is -0.950. The fraction of sp³-hybridized carbons (Fsp3) is 0.800. The van der Waals surface area contributed by atoms with E-state index in [-0.39, 0.29) is 18.8 Å². The minimum Gasteiger partial charge on any atom is -0.388 e. The van der Waals surface area contributed by atoms with E-state index < -0.39 is 12.8 Å². The van der Waals surface area contributed by atoms with Gasteiger partial charge in [0.1, 0.15) is 12.8 Å². The minimum atomic E-state index is -1.02. The van der Waals surface area contributed by atoms with Gasteiger partial charge in [-0.15, -0.1) is 0 Å². The van der Waals surface area contributed by atoms with Gasteiger partial charge in [-0.1, -0.05) is 6.08 Å². The molecule has 0 saturated carbocycles. The van der Waals surface area contributed by atoms with Gasteiger partial charge in [0.15, 0.2) is 0 Å². The number of allylic oxidation sites excluding steroid dienone is 1. The van der Waals surface area contributed by atoms with Crippen LogP contribution in [0, 0.1) is 0 Å². The van der Waals surface area contributed by atoms with Crippen molar-refractivity contribution in [3.8, 4) is 0 Å². The summed E-state index contributed by atoms with van der Waals surface area (Å²) in [5, 5.41) is 20.0. The molecule has 5 atom stereocenters. The van der Waals surface area contributed by atoms with Gasteiger partial charge < -0.3 is 25.8 Å². The Morgan fingerprint density at radius 3 is 2.85 bits per heavy atom. The average molecular weight is 368 g/mol. The quantitative estimate of drug-likeness (QED) is 0.517. The molecule has 1 aliphatic heterocycles. The normalized spacial score (nSPS) is 33.3. The van der Waals surface area contributed by atoms with Crippen molar-refractivity contribution in [1.29, 1.82) is 0 Å². The Bertz CT molecular complexity index is 537. The van der Waals surface area contributed by atoms with E-state index in [9.17, 15) is 9.50 Å². The van der Waals surface area contributed by atoms with E-state index in [0.29, 0.717) is 12.1 Å². The van der Waals surface area contributed by atoms with Crippen LogP contribution in [0.1, 0.15) is 44.9 Å². The van der Waals surface area contributed by atoms with Crippen LogP contribution in [0.3, 0.4) is 0 Å². The topological polar surface area (TPSA) is 65.5 Å². The van der Waals surface area contributed by atoms with Crippen molar-refractivity contribution < 1.29 is 14.2 Å². The zero-order valence-corrected chi connectivity index (χ0v) is 16.1. The Kier molecular flexibility index (Phi) is 7.09. The van der Waals surface area contributed by atoms with Gasteiger partial charge in [-0.05, 0) is 70.2 Å². The summed E-state index contributed by atoms with van der Waals surface area (Å²) in [7, 11) is 3.99. The lowest BCUT2D eigenvalue weighted by atomic mass is 9.81. The molecule has 0 bridgehead atoms. The first kappa shape index (κ1) is 19.8. The first-order valence-electron chi connectivity index (χ1n) is 10.0. The highest BCUT2D eigenvalue weighted by Crippen LogP contribution is 2.35. The average Bonchev–Trinajstić information content (AvgIpc) is 2.70. The van der Waals surface area contributed by atoms with Crippen molar-refractivity contribution in [2.45, 2.75) is 75.3 Å². The van der Waals surface area contributed by atoms with Crippen LogP contribution in [0.5, 0.6) is 0 Å². The molecule has 0 saturated heterocycles. The zero-order valence-electron chi connectivity index (χ0n) is 16.1. The van der Waals surface area contributed by atoms with Crippen molar-refractivity contribution in [1.82, 2.24) is 16.0 Å². The molecule has 1 heterocycles. The number of aliphatic hydroxyl groups excluding tert-OH is 1. The van der Waals surface area contributed by atoms with Crippen LogP contribution in [0.2, 0.25) is 0 Å². The van der Waals surface area contributed by atoms with Gasteiger partial charge in [-0.3, -0.25) is 0 Å². The van der Waals surface area contributed by atoms with Crippen molar-refractivity contribution in [2.24, 2.45) is 0 Å². The Morgan fingerprint density at radius 1 is 1.27 bits per heavy atom. The molecular formula is C20H34FN3O2. The Labute approximate surface area is 156 Å². The lowest BCUT2D eigenvalue weighted by Gasteiger charge is -2.39. The lowest BCUT2D eigenvalue weighted by Crippen LogP contribution is -2.46. The smallest absolute Gasteiger partial charge is 0.118 e. The third-order valence-corrected chi connectivity index (χ3v) is 6.17. The van der Waals surface area contributed by atoms with E-state index in [1.807, 2.05) is 7.05 Å². The SMILES string of the molecule is CNC1CC=C(C2CCC3=C(CC[C@@H](NC)C3)N2)C[C@H]1OCC(O)CF. The number of rotatable bonds is 7. The first-order valence-corrected chi connectivity index (χ1v) is 10.0. The van der Waals surface area contributed by atoms with E-state index in [2.05, 4.69) is 29.1 Å². The second kappa shape index (κ2) is 9.31. The van der Waals surface area contributed by atoms with Crippen LogP contribution in [0.4, 0.5) is 4.39 Å². The van der Waals surface area contributed by atoms with Gasteiger partial charge in [0, 0.05) is 23.8 Å². The highest BCUT2D eigenvalue weighted by atomic mass is 19.1. The van der Waals surface area contributed by atoms with Gasteiger partial charge >= 0.3 is 0 Å². The Morgan fingerprint density at radius 2 is 2.12 bits per heavy atom. The molecule has 3 aliphatic rings. The van der Waals surface area contributed by atoms with Crippen molar-refractivity contribution >= 4 is 0 Å². The third-order valence-electron chi connectivity index (χ3n) is 6.17. The highest BCUT2D eigenvalue weighted by molar-refractivity contribution is 5.28. The molecule has 0 radical (unpaired) electrons. The standard InChI is InChI=1S/C20H34FN3O2/c1-22-15-5-8-18-13(9-15)3-6-17(24-18)14-4-7-19(23-2)20(10-14)26-12-16(25)11-21/h4,15-17,19-20,22-25H,3,5-12H2,1-2H3/t15-,16?,17?,19?,20-/m1/s1. The van der Waals surface area contributed by atoms with Crippen LogP contribution < -0.4 is 16.0 Å². The van der Waals surface area contributed by atoms with E-state index in [1.54, 1.807) is 5.57 Å². The van der Waals surface area contributed by atoms with Gasteiger partial charge in [0.2, 0.25) is 0 Å². The number of hydrogen-bond acceptors (Lipinski definition) is 5. The van der Waals surface area contributed by atoms with Crippen LogP contribution in [0.15, 0.2) is 22.9 Å². The van der Waals surface area contributed by atoms with E-state index >= 15 is 0 Å². The van der Waals surface area contributed by atoms with Crippen LogP contribution in [-0.2, 0) is 4.74 Å². The largest absolute Gasteiger partial charge is 0.388 e. The van der Waals surface area contributed by atoms with Crippen molar-refractivity contribution in [3.05, 3.63) is 22.9 Å². The monoisotopic (exact) mass is 367 g/mol. The molecule has 148 valence electrons. The number of halogens is 1. The summed E-state index contributed by atoms with van der Waals surface area (Å²) in [6.45, 7) is -0.695. The summed E-state index contributed by atoms with van der Waals surface area (Å²) in [5.74, 6) is 0. The van der Waals surface area contributed by atoms with Crippen LogP contribution >= 0.6 is 0 Å². The summed E-state index contributed by atoms with van der Waals surface area (Å²) in [6, 6.07) is 1.22. The molecule has 26 heavy (non-hydrogen) atoms. The van der Waals surface area contributed by atoms with E-state index in [0.717, 1.165) is 25.7 Å². The molecule has 0 fully saturated rings. The fourth-order valence-corrected chi connectivity index (χ4v) is 4.50. The number of nitrogens with one attached hydrogen (secondary N) is 3. The Balaban J connectivity index is 1.61. The molecule has 0 aromatic carbocycles. The van der Waals surface area contributed by atoms with Gasteiger partial charge in [0.25, 0.3) is 0 Å². The molecule has 2 aliphatic carbocycles. The molecule has 4 N–H and O–H groups in total. The third kappa shape index (κ3) is 4.66. The van der Waals surface area contributed by atoms with E-state index in [1.165, 1.54) is 30.5 Å². The lowest BCUT2D eigenvalue weighted by molar-refractivity contribution is -0.0325. The maximum Gasteiger partial charge on any atom is 0.118 e. The molecule has 5 nitrogen and oxygen atoms in total. The van der Waals surface area contributed by atoms with Crippen LogP contribution in [0.25, 0.3) is 0 Å². The maximum atomic E-state index is 12.5. The van der Waals surface area contributed by atoms with Gasteiger partial charge in [-0.2, -0.15) is 0 Å². The summed E-state index contributed by atoms with van der Waals surface area (Å²) in [4.78, 5) is 0. The molecule has 0 aromatic heterocycles. The van der Waals surface area contributed by atoms with E-state index in [4.69, 9.17) is 4.74 Å². The maximum absolute atomic E-state index is 12.5. The number of hydrogen-bond donors (Lipinski definition) is 4. The molecule has 0 spiro atoms. The predicted octanol–water partition coefficient (Wildman–Crippen LogP) is 1.79. The second-order valence-electron chi connectivity index (χ2n) is 7.84. The molecule has 0 amide bonds. The number of alkyl halides is 1. The summed E-state index contributed by atoms with van der Waals surface area (Å²) in [6.07, 6.45) is 8.85. The molecule has 6 heteroatoms. The van der Waals surface area contributed by atoms with Crippen molar-refractivity contribution in [3.63, 3.8) is 0 Å². The number of likely N-dealkylation sites (N-methyl/N-ethyl adjacent to an activating group) is 1. The second-order valence-corrected chi connectivity index (χ2v) is 7.84. The summed E-state index contributed by atoms with van der Waals surface area (Å²) >= 11 is 0. The van der Waals surface area contributed by atoms with Gasteiger partial charge in [0.05, 0.1) is 12.7 Å². The fourth-order valence-electron chi connectivity index (χ4n) is 4.50. The highest BCUT2D eigenvalue weighted by Gasteiger charge is 2.32. The summed E-state index contributed by atoms with van der Waals surface area (Å²) < 4.78 is 18.4. The zero-order chi connectivity index (χ0) is 18.5. The van der Waals surface area contributed by atoms with Crippen LogP contribution in [-0.4, -0.2) is 62.8 Å². The minimum absolute atomic E-state index is 0.0154. The summed E-state index contributed by atoms with van der Waals surface area (Å²) in [5.41, 5.74) is 4.45. The van der Waals surface area contributed by atoms with Gasteiger partial charge in [-0.25, -0.2) is 4.39 Å². The number of aliphatic hydroxyl groups is 1. The molecule has 3 unspecified atom stereocenters. The number of ether oxygens (including phenoxy) is 1.